The van der Waals surface area contributed by atoms with Crippen molar-refractivity contribution in [3.05, 3.63) is 58.0 Å². The Kier molecular flexibility index (Phi) is 9.16. The summed E-state index contributed by atoms with van der Waals surface area (Å²) in [6, 6.07) is 5.82. The van der Waals surface area contributed by atoms with Crippen molar-refractivity contribution >= 4 is 23.2 Å². The Hall–Kier alpha value is -4.54. The number of nitrogens with one attached hydrogen (secondary N) is 4. The molecule has 1 heterocycles. The van der Waals surface area contributed by atoms with Gasteiger partial charge in [-0.3, -0.25) is 19.5 Å². The van der Waals surface area contributed by atoms with Crippen molar-refractivity contribution < 1.29 is 23.8 Å². The predicted octanol–water partition coefficient (Wildman–Crippen LogP) is 4.05. The number of amides is 2. The Morgan fingerprint density at radius 2 is 1.88 bits per heavy atom. The monoisotopic (exact) mass is 563 g/mol. The molecule has 0 saturated carbocycles. The van der Waals surface area contributed by atoms with E-state index in [9.17, 15) is 14.4 Å². The SMILES string of the molecule is CC[C@@H](C)[C@H](Nc1ccc2c(cc1=O)[C@@H](NC(C)=O)CCc1cc(OC)c(OC)c(OC)c1-2)C(=O)Nc1cn[nH]c1. The molecule has 11 heteroatoms. The van der Waals surface area contributed by atoms with Crippen LogP contribution in [0.2, 0.25) is 0 Å². The fourth-order valence-electron chi connectivity index (χ4n) is 5.24. The molecule has 11 nitrogen and oxygen atoms in total. The predicted molar refractivity (Wildman–Crippen MR) is 157 cm³/mol. The standard InChI is InChI=1S/C30H37N5O6/c1-7-16(2)27(30(38)34-19-14-31-32-15-19)35-23-11-9-20-21(13-24(23)37)22(33-17(3)36)10-8-18-12-25(39-4)28(40-5)29(41-6)26(18)20/h9,11-16,22,27H,7-8,10H2,1-6H3,(H,31,32)(H,33,36)(H,34,38)(H,35,37)/t16-,22+,27+/m1/s1. The summed E-state index contributed by atoms with van der Waals surface area (Å²) in [6.45, 7) is 5.38. The molecule has 1 aromatic heterocycles. The highest BCUT2D eigenvalue weighted by atomic mass is 16.5. The van der Waals surface area contributed by atoms with E-state index in [1.54, 1.807) is 26.5 Å². The number of nitrogens with zero attached hydrogens (tertiary/aromatic N) is 1. The van der Waals surface area contributed by atoms with Gasteiger partial charge in [0.1, 0.15) is 6.04 Å². The number of rotatable bonds is 10. The number of anilines is 2. The van der Waals surface area contributed by atoms with Crippen LogP contribution in [0.15, 0.2) is 41.5 Å². The summed E-state index contributed by atoms with van der Waals surface area (Å²) in [6.07, 6.45) is 4.95. The summed E-state index contributed by atoms with van der Waals surface area (Å²) in [5, 5.41) is 15.6. The number of hydrogen-bond donors (Lipinski definition) is 4. The second-order valence-corrected chi connectivity index (χ2v) is 10.1. The fourth-order valence-corrected chi connectivity index (χ4v) is 5.24. The Balaban J connectivity index is 1.88. The molecule has 2 amide bonds. The van der Waals surface area contributed by atoms with Crippen LogP contribution in [0.1, 0.15) is 50.8 Å². The third kappa shape index (κ3) is 6.13. The van der Waals surface area contributed by atoms with Gasteiger partial charge in [-0.2, -0.15) is 5.10 Å². The summed E-state index contributed by atoms with van der Waals surface area (Å²) in [5.41, 5.74) is 3.52. The third-order valence-corrected chi connectivity index (χ3v) is 7.49. The first kappa shape index (κ1) is 29.4. The molecule has 0 spiro atoms. The number of fused-ring (bicyclic) bond motifs is 3. The first-order valence-corrected chi connectivity index (χ1v) is 13.6. The van der Waals surface area contributed by atoms with Gasteiger partial charge in [0.2, 0.25) is 23.0 Å². The summed E-state index contributed by atoms with van der Waals surface area (Å²) in [4.78, 5) is 39.2. The Morgan fingerprint density at radius 3 is 2.49 bits per heavy atom. The van der Waals surface area contributed by atoms with Crippen LogP contribution >= 0.6 is 0 Å². The maximum absolute atomic E-state index is 13.7. The average Bonchev–Trinajstić information content (AvgIpc) is 3.36. The number of benzene rings is 1. The van der Waals surface area contributed by atoms with Crippen LogP contribution in [0.25, 0.3) is 11.1 Å². The van der Waals surface area contributed by atoms with Gasteiger partial charge in [-0.1, -0.05) is 26.3 Å². The summed E-state index contributed by atoms with van der Waals surface area (Å²) in [7, 11) is 4.65. The Labute approximate surface area is 239 Å². The molecule has 3 aromatic rings. The van der Waals surface area contributed by atoms with Crippen LogP contribution in [0.3, 0.4) is 0 Å². The maximum Gasteiger partial charge on any atom is 0.247 e. The van der Waals surface area contributed by atoms with Crippen molar-refractivity contribution in [2.75, 3.05) is 32.0 Å². The topological polar surface area (TPSA) is 144 Å². The van der Waals surface area contributed by atoms with Gasteiger partial charge < -0.3 is 30.2 Å². The van der Waals surface area contributed by atoms with Crippen LogP contribution in [0.5, 0.6) is 17.2 Å². The summed E-state index contributed by atoms with van der Waals surface area (Å²) in [5.74, 6) is 0.839. The van der Waals surface area contributed by atoms with Crippen LogP contribution in [-0.4, -0.2) is 49.4 Å². The van der Waals surface area contributed by atoms with Crippen molar-refractivity contribution in [2.24, 2.45) is 5.92 Å². The van der Waals surface area contributed by atoms with E-state index in [1.807, 2.05) is 26.0 Å². The minimum atomic E-state index is -0.692. The average molecular weight is 564 g/mol. The van der Waals surface area contributed by atoms with Crippen molar-refractivity contribution in [1.29, 1.82) is 0 Å². The third-order valence-electron chi connectivity index (χ3n) is 7.49. The molecule has 41 heavy (non-hydrogen) atoms. The number of aromatic nitrogens is 2. The molecule has 0 bridgehead atoms. The lowest BCUT2D eigenvalue weighted by atomic mass is 9.95. The number of methoxy groups -OCH3 is 3. The zero-order chi connectivity index (χ0) is 29.7. The van der Waals surface area contributed by atoms with Crippen molar-refractivity contribution in [3.8, 4) is 28.4 Å². The molecule has 1 aliphatic carbocycles. The van der Waals surface area contributed by atoms with E-state index in [0.717, 1.165) is 11.1 Å². The quantitative estimate of drug-likeness (QED) is 0.289. The highest BCUT2D eigenvalue weighted by molar-refractivity contribution is 5.96. The number of ether oxygens (including phenoxy) is 3. The molecule has 4 rings (SSSR count). The molecule has 3 atom stereocenters. The molecule has 4 N–H and O–H groups in total. The van der Waals surface area contributed by atoms with Crippen molar-refractivity contribution in [1.82, 2.24) is 15.5 Å². The molecule has 0 radical (unpaired) electrons. The zero-order valence-corrected chi connectivity index (χ0v) is 24.2. The van der Waals surface area contributed by atoms with E-state index in [4.69, 9.17) is 14.2 Å². The van der Waals surface area contributed by atoms with E-state index in [2.05, 4.69) is 26.1 Å². The van der Waals surface area contributed by atoms with Gasteiger partial charge in [0, 0.05) is 18.7 Å². The molecule has 1 aliphatic rings. The number of aryl methyl sites for hydroxylation is 1. The number of hydrogen-bond acceptors (Lipinski definition) is 8. The number of H-pyrrole nitrogens is 1. The van der Waals surface area contributed by atoms with E-state index >= 15 is 0 Å². The van der Waals surface area contributed by atoms with Gasteiger partial charge in [0.05, 0.1) is 44.9 Å². The molecule has 0 unspecified atom stereocenters. The maximum atomic E-state index is 13.7. The molecule has 0 fully saturated rings. The van der Waals surface area contributed by atoms with Gasteiger partial charge in [0.25, 0.3) is 0 Å². The van der Waals surface area contributed by atoms with Gasteiger partial charge in [0.15, 0.2) is 11.5 Å². The lowest BCUT2D eigenvalue weighted by Gasteiger charge is -2.23. The van der Waals surface area contributed by atoms with Crippen LogP contribution in [-0.2, 0) is 16.0 Å². The number of carbonyl (C=O) groups is 2. The van der Waals surface area contributed by atoms with Gasteiger partial charge >= 0.3 is 0 Å². The van der Waals surface area contributed by atoms with Crippen molar-refractivity contribution in [3.63, 3.8) is 0 Å². The largest absolute Gasteiger partial charge is 0.493 e. The fraction of sp³-hybridized carbons (Fsp3) is 0.400. The first-order chi connectivity index (χ1) is 19.7. The number of aromatic amines is 1. The number of carbonyl (C=O) groups excluding carboxylic acids is 2. The smallest absolute Gasteiger partial charge is 0.247 e. The second-order valence-electron chi connectivity index (χ2n) is 10.1. The van der Waals surface area contributed by atoms with E-state index in [1.165, 1.54) is 26.3 Å². The lowest BCUT2D eigenvalue weighted by Crippen LogP contribution is -2.40. The Morgan fingerprint density at radius 1 is 1.12 bits per heavy atom. The molecule has 218 valence electrons. The first-order valence-electron chi connectivity index (χ1n) is 13.6. The lowest BCUT2D eigenvalue weighted by molar-refractivity contribution is -0.120. The molecular formula is C30H37N5O6. The van der Waals surface area contributed by atoms with Crippen LogP contribution in [0, 0.1) is 5.92 Å². The highest BCUT2D eigenvalue weighted by Crippen LogP contribution is 2.50. The zero-order valence-electron chi connectivity index (χ0n) is 24.2. The van der Waals surface area contributed by atoms with Gasteiger partial charge in [-0.15, -0.1) is 0 Å². The second kappa shape index (κ2) is 12.8. The minimum Gasteiger partial charge on any atom is -0.493 e. The molecule has 0 aliphatic heterocycles. The van der Waals surface area contributed by atoms with Crippen LogP contribution in [0.4, 0.5) is 11.4 Å². The normalized spacial score (nSPS) is 15.3. The molecular weight excluding hydrogens is 526 g/mol. The summed E-state index contributed by atoms with van der Waals surface area (Å²) < 4.78 is 17.1. The van der Waals surface area contributed by atoms with E-state index < -0.39 is 12.1 Å². The van der Waals surface area contributed by atoms with Crippen LogP contribution < -0.4 is 35.6 Å². The molecule has 0 saturated heterocycles. The van der Waals surface area contributed by atoms with E-state index in [0.29, 0.717) is 53.3 Å². The van der Waals surface area contributed by atoms with Crippen molar-refractivity contribution in [2.45, 2.75) is 52.1 Å². The van der Waals surface area contributed by atoms with Gasteiger partial charge in [-0.05, 0) is 53.6 Å². The molecule has 2 aromatic carbocycles. The van der Waals surface area contributed by atoms with Gasteiger partial charge in [-0.25, -0.2) is 0 Å². The Bertz CT molecular complexity index is 1470. The minimum absolute atomic E-state index is 0.0886. The highest BCUT2D eigenvalue weighted by Gasteiger charge is 2.30. The summed E-state index contributed by atoms with van der Waals surface area (Å²) >= 11 is 0. The van der Waals surface area contributed by atoms with E-state index in [-0.39, 0.29) is 28.8 Å².